The average Bonchev–Trinajstić information content (AvgIpc) is 2.28. The summed E-state index contributed by atoms with van der Waals surface area (Å²) in [4.78, 5) is 21.4. The standard InChI is InChI=1S/C8H10O3/c1-5-7(4-10)6(3-9)2-8(5)11/h4,6,9H,2-3H2,1H3. The van der Waals surface area contributed by atoms with Gasteiger partial charge < -0.3 is 5.11 Å². The maximum absolute atomic E-state index is 11.0. The first kappa shape index (κ1) is 8.14. The van der Waals surface area contributed by atoms with E-state index in [1.807, 2.05) is 0 Å². The molecule has 3 heteroatoms. The molecule has 1 rings (SSSR count). The Balaban J connectivity index is 2.95. The predicted molar refractivity (Wildman–Crippen MR) is 39.0 cm³/mol. The Kier molecular flexibility index (Phi) is 2.19. The number of ketones is 1. The first-order chi connectivity index (χ1) is 5.20. The lowest BCUT2D eigenvalue weighted by Gasteiger charge is -2.02. The Morgan fingerprint density at radius 1 is 1.73 bits per heavy atom. The first-order valence-corrected chi connectivity index (χ1v) is 3.50. The van der Waals surface area contributed by atoms with Crippen LogP contribution in [0.1, 0.15) is 13.3 Å². The van der Waals surface area contributed by atoms with Crippen LogP contribution in [0.5, 0.6) is 0 Å². The second kappa shape index (κ2) is 2.96. The van der Waals surface area contributed by atoms with Crippen LogP contribution in [0.4, 0.5) is 0 Å². The number of allylic oxidation sites excluding steroid dienone is 1. The van der Waals surface area contributed by atoms with Crippen LogP contribution in [0.3, 0.4) is 0 Å². The van der Waals surface area contributed by atoms with Gasteiger partial charge in [-0.2, -0.15) is 0 Å². The monoisotopic (exact) mass is 154 g/mol. The highest BCUT2D eigenvalue weighted by molar-refractivity contribution is 6.04. The lowest BCUT2D eigenvalue weighted by molar-refractivity contribution is -0.115. The molecular weight excluding hydrogens is 144 g/mol. The quantitative estimate of drug-likeness (QED) is 0.573. The zero-order valence-electron chi connectivity index (χ0n) is 6.33. The molecule has 1 aliphatic rings. The summed E-state index contributed by atoms with van der Waals surface area (Å²) in [6.45, 7) is 1.51. The summed E-state index contributed by atoms with van der Waals surface area (Å²) in [6.07, 6.45) is 0.956. The molecule has 60 valence electrons. The average molecular weight is 154 g/mol. The number of aliphatic hydroxyl groups is 1. The number of Topliss-reactive ketones (excluding diaryl/α,β-unsaturated/α-hetero) is 1. The lowest BCUT2D eigenvalue weighted by atomic mass is 10.0. The van der Waals surface area contributed by atoms with Crippen molar-refractivity contribution in [3.05, 3.63) is 11.1 Å². The third kappa shape index (κ3) is 1.24. The Bertz CT molecular complexity index is 227. The molecule has 1 N–H and O–H groups in total. The van der Waals surface area contributed by atoms with E-state index in [9.17, 15) is 9.59 Å². The number of aliphatic hydroxyl groups excluding tert-OH is 1. The molecule has 0 aliphatic heterocycles. The van der Waals surface area contributed by atoms with Gasteiger partial charge in [0.25, 0.3) is 0 Å². The molecular formula is C8H10O3. The normalized spacial score (nSPS) is 24.5. The summed E-state index contributed by atoms with van der Waals surface area (Å²) < 4.78 is 0. The Labute approximate surface area is 64.7 Å². The predicted octanol–water partition coefficient (Wildman–Crippen LogP) is 0.0831. The minimum atomic E-state index is -0.250. The van der Waals surface area contributed by atoms with Gasteiger partial charge in [-0.15, -0.1) is 0 Å². The minimum Gasteiger partial charge on any atom is -0.396 e. The van der Waals surface area contributed by atoms with Gasteiger partial charge in [-0.05, 0) is 12.5 Å². The molecule has 11 heavy (non-hydrogen) atoms. The van der Waals surface area contributed by atoms with Crippen LogP contribution in [0.25, 0.3) is 0 Å². The fraction of sp³-hybridized carbons (Fsp3) is 0.500. The molecule has 0 fully saturated rings. The van der Waals surface area contributed by atoms with Crippen LogP contribution in [0.15, 0.2) is 11.1 Å². The van der Waals surface area contributed by atoms with E-state index in [2.05, 4.69) is 0 Å². The van der Waals surface area contributed by atoms with Crippen molar-refractivity contribution < 1.29 is 14.7 Å². The number of carbonyl (C=O) groups excluding carboxylic acids is 2. The van der Waals surface area contributed by atoms with E-state index in [0.29, 0.717) is 17.4 Å². The van der Waals surface area contributed by atoms with Crippen molar-refractivity contribution in [3.63, 3.8) is 0 Å². The van der Waals surface area contributed by atoms with E-state index < -0.39 is 0 Å². The number of hydrogen-bond donors (Lipinski definition) is 1. The van der Waals surface area contributed by atoms with Gasteiger partial charge in [0.15, 0.2) is 5.78 Å². The molecule has 3 nitrogen and oxygen atoms in total. The second-order valence-electron chi connectivity index (χ2n) is 2.70. The van der Waals surface area contributed by atoms with Crippen molar-refractivity contribution in [2.45, 2.75) is 13.3 Å². The van der Waals surface area contributed by atoms with E-state index in [-0.39, 0.29) is 24.7 Å². The van der Waals surface area contributed by atoms with Crippen LogP contribution in [-0.2, 0) is 9.59 Å². The summed E-state index contributed by atoms with van der Waals surface area (Å²) in [5.74, 6) is -0.272. The van der Waals surface area contributed by atoms with Crippen molar-refractivity contribution >= 4 is 12.1 Å². The third-order valence-corrected chi connectivity index (χ3v) is 2.07. The Hall–Kier alpha value is -0.960. The number of carbonyl (C=O) groups is 2. The highest BCUT2D eigenvalue weighted by Crippen LogP contribution is 2.26. The van der Waals surface area contributed by atoms with Crippen molar-refractivity contribution in [1.29, 1.82) is 0 Å². The van der Waals surface area contributed by atoms with Gasteiger partial charge in [-0.3, -0.25) is 9.59 Å². The molecule has 0 aromatic heterocycles. The molecule has 0 heterocycles. The summed E-state index contributed by atoms with van der Waals surface area (Å²) in [6, 6.07) is 0. The van der Waals surface area contributed by atoms with Gasteiger partial charge in [-0.1, -0.05) is 0 Å². The zero-order chi connectivity index (χ0) is 8.43. The molecule has 0 spiro atoms. The van der Waals surface area contributed by atoms with Crippen LogP contribution in [0, 0.1) is 5.92 Å². The maximum Gasteiger partial charge on any atom is 0.159 e. The molecule has 0 saturated carbocycles. The molecule has 0 radical (unpaired) electrons. The lowest BCUT2D eigenvalue weighted by Crippen LogP contribution is -2.06. The fourth-order valence-electron chi connectivity index (χ4n) is 1.30. The molecule has 1 atom stereocenters. The van der Waals surface area contributed by atoms with Gasteiger partial charge in [0.1, 0.15) is 6.29 Å². The van der Waals surface area contributed by atoms with E-state index >= 15 is 0 Å². The smallest absolute Gasteiger partial charge is 0.159 e. The molecule has 0 amide bonds. The summed E-state index contributed by atoms with van der Waals surface area (Å²) in [7, 11) is 0. The minimum absolute atomic E-state index is 0.0221. The van der Waals surface area contributed by atoms with E-state index in [1.54, 1.807) is 6.92 Å². The maximum atomic E-state index is 11.0. The van der Waals surface area contributed by atoms with Crippen LogP contribution >= 0.6 is 0 Å². The van der Waals surface area contributed by atoms with Gasteiger partial charge in [0.05, 0.1) is 6.61 Å². The highest BCUT2D eigenvalue weighted by atomic mass is 16.3. The highest BCUT2D eigenvalue weighted by Gasteiger charge is 2.28. The number of rotatable bonds is 2. The van der Waals surface area contributed by atoms with Gasteiger partial charge in [0, 0.05) is 17.9 Å². The van der Waals surface area contributed by atoms with Gasteiger partial charge in [0.2, 0.25) is 0 Å². The van der Waals surface area contributed by atoms with Crippen molar-refractivity contribution in [2.75, 3.05) is 6.61 Å². The fourth-order valence-corrected chi connectivity index (χ4v) is 1.30. The topological polar surface area (TPSA) is 54.4 Å². The van der Waals surface area contributed by atoms with E-state index in [1.165, 1.54) is 0 Å². The van der Waals surface area contributed by atoms with Gasteiger partial charge >= 0.3 is 0 Å². The Morgan fingerprint density at radius 3 is 2.73 bits per heavy atom. The Morgan fingerprint density at radius 2 is 2.36 bits per heavy atom. The zero-order valence-corrected chi connectivity index (χ0v) is 6.33. The SMILES string of the molecule is CC1=C(C=O)C(CO)CC1=O. The van der Waals surface area contributed by atoms with Gasteiger partial charge in [-0.25, -0.2) is 0 Å². The molecule has 1 unspecified atom stereocenters. The van der Waals surface area contributed by atoms with Crippen molar-refractivity contribution in [3.8, 4) is 0 Å². The largest absolute Gasteiger partial charge is 0.396 e. The number of hydrogen-bond acceptors (Lipinski definition) is 3. The molecule has 0 saturated heterocycles. The van der Waals surface area contributed by atoms with Crippen molar-refractivity contribution in [1.82, 2.24) is 0 Å². The molecule has 0 bridgehead atoms. The molecule has 0 aromatic rings. The summed E-state index contributed by atoms with van der Waals surface area (Å²) >= 11 is 0. The summed E-state index contributed by atoms with van der Waals surface area (Å²) in [5, 5.41) is 8.76. The third-order valence-electron chi connectivity index (χ3n) is 2.07. The first-order valence-electron chi connectivity index (χ1n) is 3.50. The van der Waals surface area contributed by atoms with Crippen LogP contribution in [0.2, 0.25) is 0 Å². The molecule has 1 aliphatic carbocycles. The molecule has 0 aromatic carbocycles. The van der Waals surface area contributed by atoms with Crippen LogP contribution in [-0.4, -0.2) is 23.8 Å². The second-order valence-corrected chi connectivity index (χ2v) is 2.70. The van der Waals surface area contributed by atoms with E-state index in [0.717, 1.165) is 0 Å². The number of aldehydes is 1. The van der Waals surface area contributed by atoms with E-state index in [4.69, 9.17) is 5.11 Å². The van der Waals surface area contributed by atoms with Crippen LogP contribution < -0.4 is 0 Å². The summed E-state index contributed by atoms with van der Waals surface area (Å²) in [5.41, 5.74) is 0.983. The van der Waals surface area contributed by atoms with Crippen molar-refractivity contribution in [2.24, 2.45) is 5.92 Å².